The van der Waals surface area contributed by atoms with Gasteiger partial charge in [0.25, 0.3) is 0 Å². The molecule has 0 unspecified atom stereocenters. The van der Waals surface area contributed by atoms with Crippen molar-refractivity contribution in [3.8, 4) is 0 Å². The van der Waals surface area contributed by atoms with Crippen LogP contribution in [0.2, 0.25) is 0 Å². The van der Waals surface area contributed by atoms with Crippen LogP contribution in [0.5, 0.6) is 0 Å². The fourth-order valence-electron chi connectivity index (χ4n) is 1.60. The molecular weight excluding hydrogens is 244 g/mol. The Morgan fingerprint density at radius 2 is 1.89 bits per heavy atom. The maximum absolute atomic E-state index is 11.5. The largest absolute Gasteiger partial charge is 0.465 e. The number of hydrogen-bond donors (Lipinski definition) is 2. The smallest absolute Gasteiger partial charge is 0.337 e. The summed E-state index contributed by atoms with van der Waals surface area (Å²) in [5.41, 5.74) is 6.81. The molecule has 1 amide bonds. The standard InChI is InChI=1S/C14H20N2O3/c1-19-14(18)12-7-5-11(6-8-12)10-16-13(17)4-2-3-9-15/h5-8H,2-4,9-10,15H2,1H3,(H,16,17). The average Bonchev–Trinajstić information content (AvgIpc) is 2.45. The zero-order valence-corrected chi connectivity index (χ0v) is 11.1. The molecule has 0 aliphatic carbocycles. The first-order valence-electron chi connectivity index (χ1n) is 6.31. The summed E-state index contributed by atoms with van der Waals surface area (Å²) >= 11 is 0. The van der Waals surface area contributed by atoms with Crippen LogP contribution in [0.1, 0.15) is 35.2 Å². The highest BCUT2D eigenvalue weighted by atomic mass is 16.5. The van der Waals surface area contributed by atoms with Gasteiger partial charge in [0.1, 0.15) is 0 Å². The van der Waals surface area contributed by atoms with Crippen LogP contribution >= 0.6 is 0 Å². The maximum Gasteiger partial charge on any atom is 0.337 e. The van der Waals surface area contributed by atoms with E-state index in [1.54, 1.807) is 24.3 Å². The van der Waals surface area contributed by atoms with E-state index in [2.05, 4.69) is 10.1 Å². The molecule has 1 aromatic carbocycles. The van der Waals surface area contributed by atoms with Crippen molar-refractivity contribution < 1.29 is 14.3 Å². The fourth-order valence-corrected chi connectivity index (χ4v) is 1.60. The minimum absolute atomic E-state index is 0.0190. The predicted molar refractivity (Wildman–Crippen MR) is 72.5 cm³/mol. The van der Waals surface area contributed by atoms with Crippen LogP contribution in [0.15, 0.2) is 24.3 Å². The lowest BCUT2D eigenvalue weighted by Gasteiger charge is -2.06. The Bertz CT molecular complexity index is 415. The first-order valence-corrected chi connectivity index (χ1v) is 6.31. The number of nitrogens with two attached hydrogens (primary N) is 1. The van der Waals surface area contributed by atoms with Gasteiger partial charge in [-0.05, 0) is 37.1 Å². The summed E-state index contributed by atoms with van der Waals surface area (Å²) in [5.74, 6) is -0.345. The van der Waals surface area contributed by atoms with Gasteiger partial charge in [-0.2, -0.15) is 0 Å². The molecule has 0 saturated heterocycles. The zero-order chi connectivity index (χ0) is 14.1. The molecular formula is C14H20N2O3. The molecule has 0 spiro atoms. The fraction of sp³-hybridized carbons (Fsp3) is 0.429. The molecule has 19 heavy (non-hydrogen) atoms. The van der Waals surface area contributed by atoms with E-state index >= 15 is 0 Å². The number of rotatable bonds is 7. The second kappa shape index (κ2) is 8.26. The van der Waals surface area contributed by atoms with Crippen molar-refractivity contribution >= 4 is 11.9 Å². The van der Waals surface area contributed by atoms with Crippen LogP contribution in [0.4, 0.5) is 0 Å². The topological polar surface area (TPSA) is 81.4 Å². The normalized spacial score (nSPS) is 10.0. The summed E-state index contributed by atoms with van der Waals surface area (Å²) in [7, 11) is 1.35. The summed E-state index contributed by atoms with van der Waals surface area (Å²) in [6, 6.07) is 6.96. The van der Waals surface area contributed by atoms with Crippen LogP contribution < -0.4 is 11.1 Å². The van der Waals surface area contributed by atoms with Crippen LogP contribution in [0.25, 0.3) is 0 Å². The first-order chi connectivity index (χ1) is 9.17. The first kappa shape index (κ1) is 15.2. The third-order valence-electron chi connectivity index (χ3n) is 2.72. The van der Waals surface area contributed by atoms with E-state index < -0.39 is 0 Å². The highest BCUT2D eigenvalue weighted by Gasteiger charge is 2.05. The molecule has 0 heterocycles. The monoisotopic (exact) mass is 264 g/mol. The lowest BCUT2D eigenvalue weighted by molar-refractivity contribution is -0.121. The minimum Gasteiger partial charge on any atom is -0.465 e. The van der Waals surface area contributed by atoms with Gasteiger partial charge in [0.05, 0.1) is 12.7 Å². The molecule has 3 N–H and O–H groups in total. The number of ether oxygens (including phenoxy) is 1. The van der Waals surface area contributed by atoms with E-state index in [0.717, 1.165) is 18.4 Å². The van der Waals surface area contributed by atoms with Crippen LogP contribution in [0.3, 0.4) is 0 Å². The Labute approximate surface area is 113 Å². The summed E-state index contributed by atoms with van der Waals surface area (Å²) < 4.78 is 4.61. The molecule has 5 heteroatoms. The molecule has 0 aliphatic heterocycles. The van der Waals surface area contributed by atoms with Crippen molar-refractivity contribution in [3.63, 3.8) is 0 Å². The lowest BCUT2D eigenvalue weighted by atomic mass is 10.1. The summed E-state index contributed by atoms with van der Waals surface area (Å²) in [5, 5.41) is 2.82. The van der Waals surface area contributed by atoms with Crippen molar-refractivity contribution in [2.75, 3.05) is 13.7 Å². The quantitative estimate of drug-likeness (QED) is 0.573. The molecule has 1 aromatic rings. The third kappa shape index (κ3) is 5.52. The van der Waals surface area contributed by atoms with Crippen LogP contribution in [-0.4, -0.2) is 25.5 Å². The molecule has 104 valence electrons. The number of methoxy groups -OCH3 is 1. The number of benzene rings is 1. The molecule has 0 fully saturated rings. The van der Waals surface area contributed by atoms with E-state index in [-0.39, 0.29) is 11.9 Å². The third-order valence-corrected chi connectivity index (χ3v) is 2.72. The molecule has 0 radical (unpaired) electrons. The lowest BCUT2D eigenvalue weighted by Crippen LogP contribution is -2.22. The Morgan fingerprint density at radius 3 is 2.47 bits per heavy atom. The van der Waals surface area contributed by atoms with Gasteiger partial charge in [0, 0.05) is 13.0 Å². The van der Waals surface area contributed by atoms with Gasteiger partial charge in [-0.15, -0.1) is 0 Å². The van der Waals surface area contributed by atoms with E-state index in [1.807, 2.05) is 0 Å². The van der Waals surface area contributed by atoms with Crippen molar-refractivity contribution in [1.29, 1.82) is 0 Å². The van der Waals surface area contributed by atoms with Crippen molar-refractivity contribution in [1.82, 2.24) is 5.32 Å². The Balaban J connectivity index is 2.37. The van der Waals surface area contributed by atoms with E-state index in [0.29, 0.717) is 25.1 Å². The molecule has 1 rings (SSSR count). The highest BCUT2D eigenvalue weighted by Crippen LogP contribution is 2.05. The number of carbonyl (C=O) groups is 2. The van der Waals surface area contributed by atoms with Gasteiger partial charge < -0.3 is 15.8 Å². The summed E-state index contributed by atoms with van der Waals surface area (Å²) in [6.07, 6.45) is 2.17. The van der Waals surface area contributed by atoms with E-state index in [1.165, 1.54) is 7.11 Å². The van der Waals surface area contributed by atoms with Gasteiger partial charge >= 0.3 is 5.97 Å². The molecule has 0 aromatic heterocycles. The SMILES string of the molecule is COC(=O)c1ccc(CNC(=O)CCCCN)cc1. The highest BCUT2D eigenvalue weighted by molar-refractivity contribution is 5.89. The second-order valence-electron chi connectivity index (χ2n) is 4.21. The number of carbonyl (C=O) groups excluding carboxylic acids is 2. The van der Waals surface area contributed by atoms with Crippen molar-refractivity contribution in [2.24, 2.45) is 5.73 Å². The summed E-state index contributed by atoms with van der Waals surface area (Å²) in [6.45, 7) is 1.07. The number of esters is 1. The maximum atomic E-state index is 11.5. The summed E-state index contributed by atoms with van der Waals surface area (Å²) in [4.78, 5) is 22.7. The van der Waals surface area contributed by atoms with Gasteiger partial charge in [0.2, 0.25) is 5.91 Å². The molecule has 0 bridgehead atoms. The molecule has 5 nitrogen and oxygen atoms in total. The van der Waals surface area contributed by atoms with E-state index in [9.17, 15) is 9.59 Å². The Morgan fingerprint density at radius 1 is 1.21 bits per heavy atom. The number of hydrogen-bond acceptors (Lipinski definition) is 4. The second-order valence-corrected chi connectivity index (χ2v) is 4.21. The Kier molecular flexibility index (Phi) is 6.60. The molecule has 0 saturated carbocycles. The number of amides is 1. The molecule has 0 aliphatic rings. The number of nitrogens with one attached hydrogen (secondary N) is 1. The average molecular weight is 264 g/mol. The van der Waals surface area contributed by atoms with Gasteiger partial charge in [-0.25, -0.2) is 4.79 Å². The van der Waals surface area contributed by atoms with Gasteiger partial charge in [0.15, 0.2) is 0 Å². The Hall–Kier alpha value is -1.88. The van der Waals surface area contributed by atoms with Crippen LogP contribution in [0, 0.1) is 0 Å². The minimum atomic E-state index is -0.364. The van der Waals surface area contributed by atoms with Crippen LogP contribution in [-0.2, 0) is 16.1 Å². The zero-order valence-electron chi connectivity index (χ0n) is 11.1. The molecule has 0 atom stereocenters. The van der Waals surface area contributed by atoms with Gasteiger partial charge in [-0.3, -0.25) is 4.79 Å². The number of unbranched alkanes of at least 4 members (excludes halogenated alkanes) is 1. The predicted octanol–water partition coefficient (Wildman–Crippen LogP) is 1.22. The van der Waals surface area contributed by atoms with E-state index in [4.69, 9.17) is 5.73 Å². The van der Waals surface area contributed by atoms with Crippen molar-refractivity contribution in [3.05, 3.63) is 35.4 Å². The van der Waals surface area contributed by atoms with Gasteiger partial charge in [-0.1, -0.05) is 12.1 Å². The van der Waals surface area contributed by atoms with Crippen molar-refractivity contribution in [2.45, 2.75) is 25.8 Å².